The minimum Gasteiger partial charge on any atom is -0.504 e. The van der Waals surface area contributed by atoms with E-state index in [2.05, 4.69) is 5.32 Å². The first-order valence-electron chi connectivity index (χ1n) is 11.1. The number of methoxy groups -OCH3 is 2. The molecule has 0 aromatic heterocycles. The lowest BCUT2D eigenvalue weighted by atomic mass is 10.00. The van der Waals surface area contributed by atoms with Crippen LogP contribution in [0.1, 0.15) is 36.8 Å². The SMILES string of the molecule is CNC(CCO)Oc1ccc(CCC(O)CC(=O)CCc2ccc(O)c(OC)c2)cc1OC. The molecule has 2 rings (SSSR count). The molecule has 0 aliphatic rings. The zero-order chi connectivity index (χ0) is 24.2. The van der Waals surface area contributed by atoms with E-state index < -0.39 is 6.10 Å². The van der Waals surface area contributed by atoms with Crippen molar-refractivity contribution in [1.82, 2.24) is 5.32 Å². The second kappa shape index (κ2) is 13.7. The summed E-state index contributed by atoms with van der Waals surface area (Å²) in [4.78, 5) is 12.3. The van der Waals surface area contributed by atoms with Crippen LogP contribution in [0.3, 0.4) is 0 Å². The van der Waals surface area contributed by atoms with Crippen LogP contribution in [0, 0.1) is 0 Å². The monoisotopic (exact) mass is 461 g/mol. The highest BCUT2D eigenvalue weighted by molar-refractivity contribution is 5.79. The van der Waals surface area contributed by atoms with Gasteiger partial charge in [-0.05, 0) is 61.7 Å². The third-order valence-corrected chi connectivity index (χ3v) is 5.38. The van der Waals surface area contributed by atoms with Gasteiger partial charge in [0.05, 0.1) is 20.3 Å². The summed E-state index contributed by atoms with van der Waals surface area (Å²) in [6, 6.07) is 10.6. The van der Waals surface area contributed by atoms with Crippen molar-refractivity contribution in [3.05, 3.63) is 47.5 Å². The maximum Gasteiger partial charge on any atom is 0.163 e. The van der Waals surface area contributed by atoms with E-state index in [0.717, 1.165) is 11.1 Å². The standard InChI is InChI=1S/C25H35NO7/c1-26-25(12-13-27)33-22-11-7-18(15-24(22)32-3)5-9-20(29)16-19(28)8-4-17-6-10-21(30)23(14-17)31-2/h6-7,10-11,14-15,20,25-27,29-30H,4-5,8-9,12-13,16H2,1-3H3. The molecular weight excluding hydrogens is 426 g/mol. The number of benzene rings is 2. The molecule has 33 heavy (non-hydrogen) atoms. The smallest absolute Gasteiger partial charge is 0.163 e. The molecule has 182 valence electrons. The van der Waals surface area contributed by atoms with Crippen molar-refractivity contribution in [2.45, 2.75) is 50.9 Å². The predicted molar refractivity (Wildman–Crippen MR) is 125 cm³/mol. The lowest BCUT2D eigenvalue weighted by Gasteiger charge is -2.19. The molecule has 2 aromatic rings. The number of ketones is 1. The molecule has 0 fully saturated rings. The van der Waals surface area contributed by atoms with E-state index in [1.807, 2.05) is 12.1 Å². The zero-order valence-electron chi connectivity index (χ0n) is 19.5. The lowest BCUT2D eigenvalue weighted by Crippen LogP contribution is -2.32. The average molecular weight is 462 g/mol. The molecular formula is C25H35NO7. The average Bonchev–Trinajstić information content (AvgIpc) is 2.82. The molecule has 0 aliphatic heterocycles. The van der Waals surface area contributed by atoms with Crippen LogP contribution < -0.4 is 19.5 Å². The molecule has 2 unspecified atom stereocenters. The van der Waals surface area contributed by atoms with Crippen LogP contribution in [0.5, 0.6) is 23.0 Å². The number of hydrogen-bond acceptors (Lipinski definition) is 8. The van der Waals surface area contributed by atoms with Crippen LogP contribution in [0.25, 0.3) is 0 Å². The number of phenols is 1. The van der Waals surface area contributed by atoms with Crippen molar-refractivity contribution in [2.75, 3.05) is 27.9 Å². The topological polar surface area (TPSA) is 117 Å². The second-order valence-electron chi connectivity index (χ2n) is 7.83. The molecule has 4 N–H and O–H groups in total. The van der Waals surface area contributed by atoms with E-state index in [-0.39, 0.29) is 30.8 Å². The highest BCUT2D eigenvalue weighted by atomic mass is 16.5. The zero-order valence-corrected chi connectivity index (χ0v) is 19.5. The van der Waals surface area contributed by atoms with Crippen molar-refractivity contribution in [2.24, 2.45) is 0 Å². The van der Waals surface area contributed by atoms with Crippen molar-refractivity contribution in [3.8, 4) is 23.0 Å². The predicted octanol–water partition coefficient (Wildman–Crippen LogP) is 2.60. The van der Waals surface area contributed by atoms with E-state index in [4.69, 9.17) is 19.3 Å². The maximum atomic E-state index is 12.3. The van der Waals surface area contributed by atoms with Crippen LogP contribution in [0.4, 0.5) is 0 Å². The molecule has 0 aliphatic carbocycles. The van der Waals surface area contributed by atoms with Crippen LogP contribution in [0.2, 0.25) is 0 Å². The Bertz CT molecular complexity index is 887. The van der Waals surface area contributed by atoms with Gasteiger partial charge in [0.15, 0.2) is 29.2 Å². The molecule has 0 saturated carbocycles. The largest absolute Gasteiger partial charge is 0.504 e. The first kappa shape index (κ1) is 26.4. The van der Waals surface area contributed by atoms with E-state index in [1.165, 1.54) is 7.11 Å². The van der Waals surface area contributed by atoms with Gasteiger partial charge in [-0.15, -0.1) is 0 Å². The lowest BCUT2D eigenvalue weighted by molar-refractivity contribution is -0.121. The Balaban J connectivity index is 1.83. The Labute approximate surface area is 195 Å². The van der Waals surface area contributed by atoms with Gasteiger partial charge in [-0.1, -0.05) is 12.1 Å². The van der Waals surface area contributed by atoms with Gasteiger partial charge in [0.1, 0.15) is 5.78 Å². The third kappa shape index (κ3) is 8.57. The molecule has 0 radical (unpaired) electrons. The van der Waals surface area contributed by atoms with E-state index in [1.54, 1.807) is 38.4 Å². The van der Waals surface area contributed by atoms with Gasteiger partial charge < -0.3 is 29.5 Å². The van der Waals surface area contributed by atoms with Gasteiger partial charge in [0, 0.05) is 25.9 Å². The number of aliphatic hydroxyl groups excluding tert-OH is 2. The number of phenolic OH excluding ortho intramolecular Hbond substituents is 1. The summed E-state index contributed by atoms with van der Waals surface area (Å²) in [5.74, 6) is 1.56. The van der Waals surface area contributed by atoms with Crippen LogP contribution >= 0.6 is 0 Å². The van der Waals surface area contributed by atoms with Gasteiger partial charge in [0.25, 0.3) is 0 Å². The highest BCUT2D eigenvalue weighted by Crippen LogP contribution is 2.30. The molecule has 8 heteroatoms. The fraction of sp³-hybridized carbons (Fsp3) is 0.480. The van der Waals surface area contributed by atoms with E-state index >= 15 is 0 Å². The third-order valence-electron chi connectivity index (χ3n) is 5.38. The Hall–Kier alpha value is -2.81. The number of rotatable bonds is 15. The number of nitrogens with one attached hydrogen (secondary N) is 1. The number of carbonyl (C=O) groups excluding carboxylic acids is 1. The molecule has 0 heterocycles. The molecule has 2 aromatic carbocycles. The van der Waals surface area contributed by atoms with Gasteiger partial charge in [-0.2, -0.15) is 0 Å². The Morgan fingerprint density at radius 3 is 2.30 bits per heavy atom. The first-order valence-corrected chi connectivity index (χ1v) is 11.1. The summed E-state index contributed by atoms with van der Waals surface area (Å²) in [7, 11) is 4.79. The summed E-state index contributed by atoms with van der Waals surface area (Å²) in [5, 5.41) is 32.1. The van der Waals surface area contributed by atoms with Gasteiger partial charge in [0.2, 0.25) is 0 Å². The first-order chi connectivity index (χ1) is 15.9. The molecule has 0 saturated heterocycles. The second-order valence-corrected chi connectivity index (χ2v) is 7.83. The van der Waals surface area contributed by atoms with Gasteiger partial charge >= 0.3 is 0 Å². The molecule has 0 bridgehead atoms. The number of aryl methyl sites for hydroxylation is 2. The van der Waals surface area contributed by atoms with Crippen molar-refractivity contribution >= 4 is 5.78 Å². The number of aliphatic hydroxyl groups is 2. The minimum atomic E-state index is -0.730. The van der Waals surface area contributed by atoms with Crippen LogP contribution in [0.15, 0.2) is 36.4 Å². The van der Waals surface area contributed by atoms with Crippen molar-refractivity contribution in [1.29, 1.82) is 0 Å². The summed E-state index contributed by atoms with van der Waals surface area (Å²) in [5.41, 5.74) is 1.85. The fourth-order valence-corrected chi connectivity index (χ4v) is 3.46. The summed E-state index contributed by atoms with van der Waals surface area (Å²) in [6.45, 7) is 0.00560. The normalized spacial score (nSPS) is 12.8. The quantitative estimate of drug-likeness (QED) is 0.299. The number of ether oxygens (including phenoxy) is 3. The highest BCUT2D eigenvalue weighted by Gasteiger charge is 2.15. The van der Waals surface area contributed by atoms with Gasteiger partial charge in [-0.25, -0.2) is 0 Å². The Kier molecular flexibility index (Phi) is 11.0. The van der Waals surface area contributed by atoms with Crippen LogP contribution in [-0.2, 0) is 17.6 Å². The van der Waals surface area contributed by atoms with Crippen LogP contribution in [-0.4, -0.2) is 61.3 Å². The Morgan fingerprint density at radius 2 is 1.64 bits per heavy atom. The molecule has 2 atom stereocenters. The summed E-state index contributed by atoms with van der Waals surface area (Å²) >= 11 is 0. The summed E-state index contributed by atoms with van der Waals surface area (Å²) in [6.07, 6.45) is 1.35. The maximum absolute atomic E-state index is 12.3. The van der Waals surface area contributed by atoms with E-state index in [9.17, 15) is 15.0 Å². The molecule has 0 amide bonds. The molecule has 0 spiro atoms. The number of carbonyl (C=O) groups is 1. The fourth-order valence-electron chi connectivity index (χ4n) is 3.46. The number of aromatic hydroxyl groups is 1. The van der Waals surface area contributed by atoms with Gasteiger partial charge in [-0.3, -0.25) is 10.1 Å². The minimum absolute atomic E-state index is 0.00560. The summed E-state index contributed by atoms with van der Waals surface area (Å²) < 4.78 is 16.3. The van der Waals surface area contributed by atoms with E-state index in [0.29, 0.717) is 49.4 Å². The van der Waals surface area contributed by atoms with Crippen molar-refractivity contribution < 1.29 is 34.3 Å². The molecule has 8 nitrogen and oxygen atoms in total. The van der Waals surface area contributed by atoms with Crippen molar-refractivity contribution in [3.63, 3.8) is 0 Å². The Morgan fingerprint density at radius 1 is 0.970 bits per heavy atom. The number of hydrogen-bond donors (Lipinski definition) is 4. The number of Topliss-reactive ketones (excluding diaryl/α,β-unsaturated/α-hetero) is 1.